The molecule has 0 aromatic heterocycles. The number of nitrogens with two attached hydrogens (primary N) is 1. The van der Waals surface area contributed by atoms with Gasteiger partial charge in [0.05, 0.1) is 5.57 Å². The molecular formula is C9H17NO3. The van der Waals surface area contributed by atoms with Crippen LogP contribution in [0.3, 0.4) is 0 Å². The monoisotopic (exact) mass is 187 g/mol. The van der Waals surface area contributed by atoms with Crippen molar-refractivity contribution in [1.29, 1.82) is 0 Å². The van der Waals surface area contributed by atoms with Crippen molar-refractivity contribution in [3.8, 4) is 0 Å². The standard InChI is InChI=1S/C8H12O3.CH5N/c1-4-10-7-5(2)8(9)11-6(7)3;1-2/h6-7H,2,4H2,1,3H3;2H2,1H3. The number of cyclic esters (lactones) is 1. The van der Waals surface area contributed by atoms with E-state index in [9.17, 15) is 4.79 Å². The normalized spacial score (nSPS) is 26.5. The van der Waals surface area contributed by atoms with E-state index in [1.165, 1.54) is 7.05 Å². The lowest BCUT2D eigenvalue weighted by Gasteiger charge is -2.12. The van der Waals surface area contributed by atoms with Crippen molar-refractivity contribution in [1.82, 2.24) is 0 Å². The number of rotatable bonds is 2. The molecule has 1 heterocycles. The van der Waals surface area contributed by atoms with Gasteiger partial charge in [-0.25, -0.2) is 4.79 Å². The molecule has 0 aromatic carbocycles. The van der Waals surface area contributed by atoms with Gasteiger partial charge in [0.2, 0.25) is 0 Å². The quantitative estimate of drug-likeness (QED) is 0.504. The minimum absolute atomic E-state index is 0.185. The predicted molar refractivity (Wildman–Crippen MR) is 50.2 cm³/mol. The maximum absolute atomic E-state index is 10.9. The van der Waals surface area contributed by atoms with Gasteiger partial charge in [-0.15, -0.1) is 0 Å². The van der Waals surface area contributed by atoms with Crippen LogP contribution in [0.1, 0.15) is 13.8 Å². The van der Waals surface area contributed by atoms with Crippen LogP contribution in [0.15, 0.2) is 12.2 Å². The summed E-state index contributed by atoms with van der Waals surface area (Å²) in [5, 5.41) is 0. The minimum Gasteiger partial charge on any atom is -0.456 e. The van der Waals surface area contributed by atoms with E-state index >= 15 is 0 Å². The van der Waals surface area contributed by atoms with Crippen LogP contribution in [0.5, 0.6) is 0 Å². The molecule has 0 bridgehead atoms. The van der Waals surface area contributed by atoms with E-state index in [-0.39, 0.29) is 18.2 Å². The molecule has 4 heteroatoms. The predicted octanol–water partition coefficient (Wildman–Crippen LogP) is 0.468. The Labute approximate surface area is 78.7 Å². The van der Waals surface area contributed by atoms with Gasteiger partial charge in [0.15, 0.2) is 0 Å². The fourth-order valence-corrected chi connectivity index (χ4v) is 1.12. The van der Waals surface area contributed by atoms with E-state index in [4.69, 9.17) is 9.47 Å². The summed E-state index contributed by atoms with van der Waals surface area (Å²) in [7, 11) is 1.50. The zero-order valence-corrected chi connectivity index (χ0v) is 8.37. The summed E-state index contributed by atoms with van der Waals surface area (Å²) in [6.45, 7) is 7.84. The van der Waals surface area contributed by atoms with Crippen LogP contribution in [-0.2, 0) is 14.3 Å². The Morgan fingerprint density at radius 1 is 1.62 bits per heavy atom. The van der Waals surface area contributed by atoms with Crippen molar-refractivity contribution in [2.75, 3.05) is 13.7 Å². The van der Waals surface area contributed by atoms with Gasteiger partial charge >= 0.3 is 5.97 Å². The van der Waals surface area contributed by atoms with Crippen LogP contribution < -0.4 is 5.73 Å². The molecule has 76 valence electrons. The van der Waals surface area contributed by atoms with Gasteiger partial charge in [-0.3, -0.25) is 0 Å². The van der Waals surface area contributed by atoms with Gasteiger partial charge in [0, 0.05) is 6.61 Å². The van der Waals surface area contributed by atoms with E-state index in [1.54, 1.807) is 6.92 Å². The average molecular weight is 187 g/mol. The number of hydrogen-bond acceptors (Lipinski definition) is 4. The number of esters is 1. The average Bonchev–Trinajstić information content (AvgIpc) is 2.36. The second-order valence-electron chi connectivity index (χ2n) is 2.51. The number of ether oxygens (including phenoxy) is 2. The Balaban J connectivity index is 0.000000671. The van der Waals surface area contributed by atoms with E-state index in [0.29, 0.717) is 12.2 Å². The fourth-order valence-electron chi connectivity index (χ4n) is 1.12. The molecule has 1 saturated heterocycles. The van der Waals surface area contributed by atoms with Crippen molar-refractivity contribution in [2.45, 2.75) is 26.1 Å². The number of hydrogen-bond donors (Lipinski definition) is 1. The molecule has 0 amide bonds. The third kappa shape index (κ3) is 2.82. The first-order valence-electron chi connectivity index (χ1n) is 4.26. The molecule has 13 heavy (non-hydrogen) atoms. The molecule has 1 rings (SSSR count). The summed E-state index contributed by atoms with van der Waals surface area (Å²) in [5.41, 5.74) is 4.93. The third-order valence-electron chi connectivity index (χ3n) is 1.67. The molecule has 0 aliphatic carbocycles. The summed E-state index contributed by atoms with van der Waals surface area (Å²) >= 11 is 0. The third-order valence-corrected chi connectivity index (χ3v) is 1.67. The summed E-state index contributed by atoms with van der Waals surface area (Å²) < 4.78 is 10.1. The molecule has 1 aliphatic rings. The summed E-state index contributed by atoms with van der Waals surface area (Å²) in [6, 6.07) is 0. The van der Waals surface area contributed by atoms with Crippen LogP contribution in [0.4, 0.5) is 0 Å². The lowest BCUT2D eigenvalue weighted by molar-refractivity contribution is -0.139. The van der Waals surface area contributed by atoms with Crippen LogP contribution >= 0.6 is 0 Å². The maximum atomic E-state index is 10.9. The largest absolute Gasteiger partial charge is 0.456 e. The van der Waals surface area contributed by atoms with Crippen molar-refractivity contribution in [3.05, 3.63) is 12.2 Å². The fraction of sp³-hybridized carbons (Fsp3) is 0.667. The highest BCUT2D eigenvalue weighted by Crippen LogP contribution is 2.21. The Morgan fingerprint density at radius 3 is 2.46 bits per heavy atom. The lowest BCUT2D eigenvalue weighted by Crippen LogP contribution is -2.22. The van der Waals surface area contributed by atoms with Gasteiger partial charge in [-0.1, -0.05) is 6.58 Å². The highest BCUT2D eigenvalue weighted by Gasteiger charge is 2.35. The van der Waals surface area contributed by atoms with Gasteiger partial charge in [-0.2, -0.15) is 0 Å². The van der Waals surface area contributed by atoms with Crippen LogP contribution in [-0.4, -0.2) is 31.8 Å². The molecule has 2 atom stereocenters. The topological polar surface area (TPSA) is 61.5 Å². The molecule has 0 spiro atoms. The Bertz CT molecular complexity index is 191. The molecule has 4 nitrogen and oxygen atoms in total. The second kappa shape index (κ2) is 5.72. The summed E-state index contributed by atoms with van der Waals surface area (Å²) in [4.78, 5) is 10.9. The van der Waals surface area contributed by atoms with Crippen LogP contribution in [0.25, 0.3) is 0 Å². The molecule has 2 unspecified atom stereocenters. The van der Waals surface area contributed by atoms with Crippen LogP contribution in [0, 0.1) is 0 Å². The number of carbonyl (C=O) groups is 1. The zero-order valence-electron chi connectivity index (χ0n) is 8.37. The van der Waals surface area contributed by atoms with E-state index < -0.39 is 0 Å². The van der Waals surface area contributed by atoms with Crippen molar-refractivity contribution >= 4 is 5.97 Å². The maximum Gasteiger partial charge on any atom is 0.336 e. The van der Waals surface area contributed by atoms with Gasteiger partial charge in [0.25, 0.3) is 0 Å². The first-order valence-corrected chi connectivity index (χ1v) is 4.26. The Morgan fingerprint density at radius 2 is 2.15 bits per heavy atom. The van der Waals surface area contributed by atoms with Gasteiger partial charge < -0.3 is 15.2 Å². The Kier molecular flexibility index (Phi) is 5.34. The van der Waals surface area contributed by atoms with E-state index in [2.05, 4.69) is 12.3 Å². The van der Waals surface area contributed by atoms with Crippen molar-refractivity contribution in [2.24, 2.45) is 5.73 Å². The first-order chi connectivity index (χ1) is 6.16. The molecule has 0 aromatic rings. The smallest absolute Gasteiger partial charge is 0.336 e. The van der Waals surface area contributed by atoms with Crippen molar-refractivity contribution < 1.29 is 14.3 Å². The molecular weight excluding hydrogens is 170 g/mol. The summed E-state index contributed by atoms with van der Waals surface area (Å²) in [6.07, 6.45) is -0.428. The Hall–Kier alpha value is -0.870. The lowest BCUT2D eigenvalue weighted by atomic mass is 10.1. The molecule has 1 aliphatic heterocycles. The van der Waals surface area contributed by atoms with Gasteiger partial charge in [0.1, 0.15) is 12.2 Å². The molecule has 1 fully saturated rings. The highest BCUT2D eigenvalue weighted by atomic mass is 16.6. The summed E-state index contributed by atoms with van der Waals surface area (Å²) in [5.74, 6) is -0.337. The van der Waals surface area contributed by atoms with E-state index in [0.717, 1.165) is 0 Å². The highest BCUT2D eigenvalue weighted by molar-refractivity contribution is 5.91. The zero-order chi connectivity index (χ0) is 10.4. The molecule has 0 saturated carbocycles. The molecule has 2 N–H and O–H groups in total. The van der Waals surface area contributed by atoms with Gasteiger partial charge in [-0.05, 0) is 20.9 Å². The minimum atomic E-state index is -0.337. The van der Waals surface area contributed by atoms with E-state index in [1.807, 2.05) is 6.92 Å². The SMILES string of the molecule is C=C1C(=O)OC(C)C1OCC.CN. The second-order valence-corrected chi connectivity index (χ2v) is 2.51. The first kappa shape index (κ1) is 12.1. The van der Waals surface area contributed by atoms with Crippen LogP contribution in [0.2, 0.25) is 0 Å². The molecule has 0 radical (unpaired) electrons. The van der Waals surface area contributed by atoms with Crippen molar-refractivity contribution in [3.63, 3.8) is 0 Å². The number of carbonyl (C=O) groups excluding carboxylic acids is 1.